The van der Waals surface area contributed by atoms with Crippen molar-refractivity contribution >= 4 is 5.91 Å². The van der Waals surface area contributed by atoms with Gasteiger partial charge in [0.1, 0.15) is 5.76 Å². The van der Waals surface area contributed by atoms with Crippen molar-refractivity contribution in [3.05, 3.63) is 65.5 Å². The summed E-state index contributed by atoms with van der Waals surface area (Å²) in [7, 11) is 3.24. The molecule has 1 aromatic heterocycles. The van der Waals surface area contributed by atoms with Crippen LogP contribution in [0.4, 0.5) is 0 Å². The summed E-state index contributed by atoms with van der Waals surface area (Å²) in [5.74, 6) is 2.65. The van der Waals surface area contributed by atoms with Gasteiger partial charge in [-0.3, -0.25) is 4.79 Å². The zero-order valence-electron chi connectivity index (χ0n) is 17.6. The van der Waals surface area contributed by atoms with Crippen LogP contribution in [0.2, 0.25) is 0 Å². The lowest BCUT2D eigenvalue weighted by Crippen LogP contribution is -2.32. The summed E-state index contributed by atoms with van der Waals surface area (Å²) in [5.41, 5.74) is 2.65. The van der Waals surface area contributed by atoms with E-state index in [0.29, 0.717) is 28.8 Å². The number of methoxy groups -OCH3 is 2. The molecule has 3 aromatic rings. The Labute approximate surface area is 176 Å². The van der Waals surface area contributed by atoms with Gasteiger partial charge in [0.25, 0.3) is 0 Å². The number of nitrogens with zero attached hydrogens (tertiary/aromatic N) is 2. The van der Waals surface area contributed by atoms with E-state index >= 15 is 0 Å². The standard InChI is InChI=1S/C24H26N2O4/c1-16-19(25-24(30-16)17-8-5-4-6-9-17)15-23(27)26-13-7-10-20(26)18-11-12-21(28-2)22(14-18)29-3/h4-6,8-9,11-12,14,20H,7,10,13,15H2,1-3H3/t20-/m0/s1. The number of benzene rings is 2. The molecular formula is C24H26N2O4. The van der Waals surface area contributed by atoms with Crippen LogP contribution < -0.4 is 9.47 Å². The summed E-state index contributed by atoms with van der Waals surface area (Å²) in [6.07, 6.45) is 2.12. The number of ether oxygens (including phenoxy) is 2. The SMILES string of the molecule is COc1ccc([C@@H]2CCCN2C(=O)Cc2nc(-c3ccccc3)oc2C)cc1OC. The third-order valence-corrected chi connectivity index (χ3v) is 5.60. The van der Waals surface area contributed by atoms with E-state index in [9.17, 15) is 4.79 Å². The molecule has 1 aliphatic heterocycles. The van der Waals surface area contributed by atoms with E-state index in [-0.39, 0.29) is 18.4 Å². The summed E-state index contributed by atoms with van der Waals surface area (Å²) in [6.45, 7) is 2.60. The van der Waals surface area contributed by atoms with Gasteiger partial charge in [0.2, 0.25) is 11.8 Å². The van der Waals surface area contributed by atoms with Crippen LogP contribution in [-0.4, -0.2) is 36.6 Å². The Hall–Kier alpha value is -3.28. The summed E-state index contributed by atoms with van der Waals surface area (Å²) in [6, 6.07) is 15.6. The number of carbonyl (C=O) groups is 1. The topological polar surface area (TPSA) is 64.8 Å². The second-order valence-corrected chi connectivity index (χ2v) is 7.42. The maximum Gasteiger partial charge on any atom is 0.229 e. The monoisotopic (exact) mass is 406 g/mol. The minimum Gasteiger partial charge on any atom is -0.493 e. The minimum atomic E-state index is 0.0260. The van der Waals surface area contributed by atoms with E-state index in [1.54, 1.807) is 14.2 Å². The normalized spacial score (nSPS) is 16.0. The first kappa shape index (κ1) is 20.0. The van der Waals surface area contributed by atoms with Gasteiger partial charge in [-0.05, 0) is 49.6 Å². The van der Waals surface area contributed by atoms with Gasteiger partial charge in [0.15, 0.2) is 11.5 Å². The highest BCUT2D eigenvalue weighted by atomic mass is 16.5. The van der Waals surface area contributed by atoms with Crippen LogP contribution in [0.3, 0.4) is 0 Å². The van der Waals surface area contributed by atoms with Crippen LogP contribution in [0.5, 0.6) is 11.5 Å². The third kappa shape index (κ3) is 3.90. The van der Waals surface area contributed by atoms with Crippen molar-refractivity contribution in [2.45, 2.75) is 32.2 Å². The molecule has 6 heteroatoms. The Kier molecular flexibility index (Phi) is 5.74. The van der Waals surface area contributed by atoms with Crippen molar-refractivity contribution in [1.82, 2.24) is 9.88 Å². The summed E-state index contributed by atoms with van der Waals surface area (Å²) in [5, 5.41) is 0. The van der Waals surface area contributed by atoms with Crippen LogP contribution in [-0.2, 0) is 11.2 Å². The average molecular weight is 406 g/mol. The van der Waals surface area contributed by atoms with E-state index in [2.05, 4.69) is 4.98 Å². The Morgan fingerprint density at radius 3 is 2.63 bits per heavy atom. The molecule has 0 unspecified atom stereocenters. The van der Waals surface area contributed by atoms with Crippen molar-refractivity contribution in [3.63, 3.8) is 0 Å². The van der Waals surface area contributed by atoms with Crippen molar-refractivity contribution < 1.29 is 18.7 Å². The van der Waals surface area contributed by atoms with Crippen LogP contribution >= 0.6 is 0 Å². The zero-order chi connectivity index (χ0) is 21.1. The number of rotatable bonds is 6. The molecule has 0 saturated carbocycles. The Morgan fingerprint density at radius 1 is 1.13 bits per heavy atom. The summed E-state index contributed by atoms with van der Waals surface area (Å²) >= 11 is 0. The number of oxazole rings is 1. The van der Waals surface area contributed by atoms with Crippen LogP contribution in [0.25, 0.3) is 11.5 Å². The van der Waals surface area contributed by atoms with Crippen molar-refractivity contribution in [1.29, 1.82) is 0 Å². The number of aryl methyl sites for hydroxylation is 1. The van der Waals surface area contributed by atoms with Gasteiger partial charge < -0.3 is 18.8 Å². The predicted molar refractivity (Wildman–Crippen MR) is 114 cm³/mol. The lowest BCUT2D eigenvalue weighted by molar-refractivity contribution is -0.131. The molecule has 0 aliphatic carbocycles. The molecule has 2 aromatic carbocycles. The molecule has 30 heavy (non-hydrogen) atoms. The lowest BCUT2D eigenvalue weighted by atomic mass is 10.0. The molecule has 0 spiro atoms. The maximum atomic E-state index is 13.2. The number of aromatic nitrogens is 1. The van der Waals surface area contributed by atoms with Gasteiger partial charge in [0.05, 0.1) is 32.4 Å². The van der Waals surface area contributed by atoms with Gasteiger partial charge in [-0.2, -0.15) is 0 Å². The number of hydrogen-bond acceptors (Lipinski definition) is 5. The second-order valence-electron chi connectivity index (χ2n) is 7.42. The Morgan fingerprint density at radius 2 is 1.90 bits per heavy atom. The van der Waals surface area contributed by atoms with Crippen LogP contribution in [0.15, 0.2) is 52.9 Å². The zero-order valence-corrected chi connectivity index (χ0v) is 17.6. The highest BCUT2D eigenvalue weighted by molar-refractivity contribution is 5.79. The van der Waals surface area contributed by atoms with Gasteiger partial charge in [0, 0.05) is 12.1 Å². The highest BCUT2D eigenvalue weighted by Gasteiger charge is 2.31. The first-order valence-corrected chi connectivity index (χ1v) is 10.1. The molecular weight excluding hydrogens is 380 g/mol. The second kappa shape index (κ2) is 8.61. The molecule has 6 nitrogen and oxygen atoms in total. The first-order valence-electron chi connectivity index (χ1n) is 10.1. The molecule has 2 heterocycles. The van der Waals surface area contributed by atoms with Gasteiger partial charge >= 0.3 is 0 Å². The lowest BCUT2D eigenvalue weighted by Gasteiger charge is -2.25. The fourth-order valence-electron chi connectivity index (χ4n) is 4.01. The highest BCUT2D eigenvalue weighted by Crippen LogP contribution is 2.37. The molecule has 0 radical (unpaired) electrons. The number of likely N-dealkylation sites (tertiary alicyclic amines) is 1. The fourth-order valence-corrected chi connectivity index (χ4v) is 4.01. The molecule has 1 amide bonds. The quantitative estimate of drug-likeness (QED) is 0.600. The summed E-state index contributed by atoms with van der Waals surface area (Å²) < 4.78 is 16.6. The molecule has 1 aliphatic rings. The smallest absolute Gasteiger partial charge is 0.229 e. The van der Waals surface area contributed by atoms with Crippen molar-refractivity contribution in [3.8, 4) is 23.0 Å². The van der Waals surface area contributed by atoms with E-state index < -0.39 is 0 Å². The van der Waals surface area contributed by atoms with Gasteiger partial charge in [-0.25, -0.2) is 4.98 Å². The number of hydrogen-bond donors (Lipinski definition) is 0. The first-order chi connectivity index (χ1) is 14.6. The number of carbonyl (C=O) groups excluding carboxylic acids is 1. The predicted octanol–water partition coefficient (Wildman–Crippen LogP) is 4.57. The van der Waals surface area contributed by atoms with E-state index in [0.717, 1.165) is 30.5 Å². The molecule has 156 valence electrons. The fraction of sp³-hybridized carbons (Fsp3) is 0.333. The average Bonchev–Trinajstić information content (AvgIpc) is 3.41. The van der Waals surface area contributed by atoms with Crippen LogP contribution in [0, 0.1) is 6.92 Å². The van der Waals surface area contributed by atoms with E-state index in [1.807, 2.05) is 60.4 Å². The van der Waals surface area contributed by atoms with Crippen molar-refractivity contribution in [2.75, 3.05) is 20.8 Å². The van der Waals surface area contributed by atoms with Gasteiger partial charge in [-0.15, -0.1) is 0 Å². The maximum absolute atomic E-state index is 13.2. The molecule has 4 rings (SSSR count). The van der Waals surface area contributed by atoms with Crippen molar-refractivity contribution in [2.24, 2.45) is 0 Å². The molecule has 1 atom stereocenters. The van der Waals surface area contributed by atoms with Gasteiger partial charge in [-0.1, -0.05) is 24.3 Å². The molecule has 1 saturated heterocycles. The minimum absolute atomic E-state index is 0.0260. The van der Waals surface area contributed by atoms with E-state index in [1.165, 1.54) is 0 Å². The molecule has 0 N–H and O–H groups in total. The van der Waals surface area contributed by atoms with E-state index in [4.69, 9.17) is 13.9 Å². The third-order valence-electron chi connectivity index (χ3n) is 5.60. The summed E-state index contributed by atoms with van der Waals surface area (Å²) in [4.78, 5) is 19.7. The van der Waals surface area contributed by atoms with Crippen LogP contribution in [0.1, 0.15) is 35.9 Å². The molecule has 0 bridgehead atoms. The Bertz CT molecular complexity index is 1030. The number of amides is 1. The molecule has 1 fully saturated rings. The largest absolute Gasteiger partial charge is 0.493 e. The Balaban J connectivity index is 1.53.